The third-order valence-electron chi connectivity index (χ3n) is 4.84. The highest BCUT2D eigenvalue weighted by Gasteiger charge is 2.31. The lowest BCUT2D eigenvalue weighted by molar-refractivity contribution is -0.275. The summed E-state index contributed by atoms with van der Waals surface area (Å²) in [5, 5.41) is 0. The van der Waals surface area contributed by atoms with Crippen molar-refractivity contribution in [2.45, 2.75) is 52.5 Å². The van der Waals surface area contributed by atoms with Crippen molar-refractivity contribution in [2.75, 3.05) is 26.2 Å². The molecule has 0 heterocycles. The number of nitrogens with zero attached hydrogens (tertiary/aromatic N) is 2. The molecule has 0 radical (unpaired) electrons. The molecule has 0 fully saturated rings. The maximum atomic E-state index is 12.0. The molecule has 4 nitrogen and oxygen atoms in total. The number of rotatable bonds is 12. The zero-order valence-electron chi connectivity index (χ0n) is 21.4. The number of hydrogen-bond donors (Lipinski definition) is 0. The van der Waals surface area contributed by atoms with Gasteiger partial charge in [0.1, 0.15) is 11.5 Å². The van der Waals surface area contributed by atoms with Crippen molar-refractivity contribution < 1.29 is 35.8 Å². The van der Waals surface area contributed by atoms with Crippen molar-refractivity contribution in [2.24, 2.45) is 0 Å². The molecular weight excluding hydrogens is 510 g/mol. The summed E-state index contributed by atoms with van der Waals surface area (Å²) in [6.45, 7) is 8.07. The Bertz CT molecular complexity index is 923. The molecule has 10 heteroatoms. The predicted molar refractivity (Wildman–Crippen MR) is 135 cm³/mol. The van der Waals surface area contributed by atoms with E-state index in [2.05, 4.69) is 31.1 Å². The van der Waals surface area contributed by atoms with E-state index in [-0.39, 0.29) is 11.5 Å². The lowest BCUT2D eigenvalue weighted by atomic mass is 10.2. The maximum absolute atomic E-state index is 12.0. The van der Waals surface area contributed by atoms with Gasteiger partial charge >= 0.3 is 12.7 Å². The second-order valence-electron chi connectivity index (χ2n) is 8.21. The maximum Gasteiger partial charge on any atom is 0.573 e. The van der Waals surface area contributed by atoms with Gasteiger partial charge in [-0.15, -0.1) is 39.2 Å². The first-order chi connectivity index (χ1) is 17.9. The van der Waals surface area contributed by atoms with Crippen molar-refractivity contribution in [3.8, 4) is 36.2 Å². The Morgan fingerprint density at radius 2 is 0.947 bits per heavy atom. The number of ether oxygens (including phenoxy) is 2. The highest BCUT2D eigenvalue weighted by atomic mass is 19.4. The smallest absolute Gasteiger partial charge is 0.406 e. The molecule has 0 aliphatic heterocycles. The van der Waals surface area contributed by atoms with Gasteiger partial charge in [0, 0.05) is 13.1 Å². The van der Waals surface area contributed by atoms with E-state index >= 15 is 0 Å². The van der Waals surface area contributed by atoms with E-state index in [1.165, 1.54) is 24.3 Å². The highest BCUT2D eigenvalue weighted by molar-refractivity contribution is 5.28. The van der Waals surface area contributed by atoms with Crippen LogP contribution in [-0.4, -0.2) is 48.7 Å². The van der Waals surface area contributed by atoms with Crippen LogP contribution in [0.1, 0.15) is 37.8 Å². The molecule has 0 aliphatic rings. The van der Waals surface area contributed by atoms with Crippen LogP contribution in [0.5, 0.6) is 11.5 Å². The summed E-state index contributed by atoms with van der Waals surface area (Å²) in [7, 11) is 0. The van der Waals surface area contributed by atoms with E-state index in [4.69, 9.17) is 12.8 Å². The molecule has 0 bridgehead atoms. The number of terminal acetylenes is 2. The predicted octanol–water partition coefficient (Wildman–Crippen LogP) is 6.86. The Morgan fingerprint density at radius 3 is 1.18 bits per heavy atom. The molecule has 0 N–H and O–H groups in total. The summed E-state index contributed by atoms with van der Waals surface area (Å²) in [5.41, 5.74) is 1.80. The van der Waals surface area contributed by atoms with Gasteiger partial charge in [-0.25, -0.2) is 0 Å². The second-order valence-corrected chi connectivity index (χ2v) is 8.21. The minimum absolute atomic E-state index is 0.213. The van der Waals surface area contributed by atoms with Crippen LogP contribution in [0.25, 0.3) is 0 Å². The van der Waals surface area contributed by atoms with Gasteiger partial charge in [0.2, 0.25) is 0 Å². The minimum Gasteiger partial charge on any atom is -0.406 e. The van der Waals surface area contributed by atoms with Gasteiger partial charge in [-0.3, -0.25) is 9.80 Å². The van der Waals surface area contributed by atoms with Crippen LogP contribution in [-0.2, 0) is 13.1 Å². The summed E-state index contributed by atoms with van der Waals surface area (Å²) >= 11 is 0. The fourth-order valence-corrected chi connectivity index (χ4v) is 3.43. The van der Waals surface area contributed by atoms with Crippen molar-refractivity contribution in [3.63, 3.8) is 0 Å². The number of hydrogen-bond acceptors (Lipinski definition) is 4. The molecule has 0 aromatic heterocycles. The van der Waals surface area contributed by atoms with E-state index in [0.717, 1.165) is 37.1 Å². The number of alkyl halides is 6. The van der Waals surface area contributed by atoms with Gasteiger partial charge in [-0.05, 0) is 61.3 Å². The monoisotopic (exact) mass is 542 g/mol. The fourth-order valence-electron chi connectivity index (χ4n) is 3.43. The summed E-state index contributed by atoms with van der Waals surface area (Å²) < 4.78 is 79.6. The molecule has 0 atom stereocenters. The van der Waals surface area contributed by atoms with Gasteiger partial charge in [-0.1, -0.05) is 50.0 Å². The van der Waals surface area contributed by atoms with Gasteiger partial charge in [0.05, 0.1) is 13.1 Å². The second kappa shape index (κ2) is 16.5. The van der Waals surface area contributed by atoms with Gasteiger partial charge < -0.3 is 9.47 Å². The van der Waals surface area contributed by atoms with E-state index in [9.17, 15) is 26.3 Å². The van der Waals surface area contributed by atoms with E-state index in [1.54, 1.807) is 24.3 Å². The zero-order valence-corrected chi connectivity index (χ0v) is 21.4. The SMILES string of the molecule is C#CCN(CCC)Cc1ccc(OC(F)(F)F)cc1.C#CCN(CCC)Cc1ccc(OC(F)(F)F)cc1. The molecule has 0 saturated carbocycles. The summed E-state index contributed by atoms with van der Waals surface area (Å²) in [4.78, 5) is 4.11. The van der Waals surface area contributed by atoms with Crippen LogP contribution in [0.4, 0.5) is 26.3 Å². The Labute approximate surface area is 220 Å². The van der Waals surface area contributed by atoms with Crippen LogP contribution in [0.2, 0.25) is 0 Å². The van der Waals surface area contributed by atoms with Crippen LogP contribution in [0.3, 0.4) is 0 Å². The number of benzene rings is 2. The highest BCUT2D eigenvalue weighted by Crippen LogP contribution is 2.24. The van der Waals surface area contributed by atoms with Gasteiger partial charge in [0.15, 0.2) is 0 Å². The third kappa shape index (κ3) is 15.0. The minimum atomic E-state index is -4.65. The molecule has 208 valence electrons. The van der Waals surface area contributed by atoms with Crippen LogP contribution >= 0.6 is 0 Å². The molecule has 0 unspecified atom stereocenters. The Hall–Kier alpha value is -3.34. The van der Waals surface area contributed by atoms with Crippen LogP contribution in [0.15, 0.2) is 48.5 Å². The molecule has 2 aromatic carbocycles. The summed E-state index contributed by atoms with van der Waals surface area (Å²) in [6.07, 6.45) is 3.17. The lowest BCUT2D eigenvalue weighted by Crippen LogP contribution is -2.24. The summed E-state index contributed by atoms with van der Waals surface area (Å²) in [5.74, 6) is 4.71. The molecule has 2 rings (SSSR count). The van der Waals surface area contributed by atoms with Crippen LogP contribution < -0.4 is 9.47 Å². The topological polar surface area (TPSA) is 24.9 Å². The van der Waals surface area contributed by atoms with Crippen molar-refractivity contribution >= 4 is 0 Å². The van der Waals surface area contributed by atoms with E-state index in [1.807, 2.05) is 13.8 Å². The average Bonchev–Trinajstić information content (AvgIpc) is 2.81. The van der Waals surface area contributed by atoms with E-state index in [0.29, 0.717) is 26.2 Å². The molecule has 2 aromatic rings. The molecule has 0 amide bonds. The Balaban J connectivity index is 0.000000380. The third-order valence-corrected chi connectivity index (χ3v) is 4.84. The molecule has 38 heavy (non-hydrogen) atoms. The summed E-state index contributed by atoms with van der Waals surface area (Å²) in [6, 6.07) is 11.7. The van der Waals surface area contributed by atoms with Crippen molar-refractivity contribution in [3.05, 3.63) is 59.7 Å². The standard InChI is InChI=1S/2C14H16F3NO/c2*1-3-9-18(10-4-2)11-12-5-7-13(8-6-12)19-14(15,16)17/h2*1,5-8H,4,9-11H2,2H3. The quantitative estimate of drug-likeness (QED) is 0.216. The largest absolute Gasteiger partial charge is 0.573 e. The first-order valence-electron chi connectivity index (χ1n) is 11.9. The fraction of sp³-hybridized carbons (Fsp3) is 0.429. The normalized spacial score (nSPS) is 11.4. The average molecular weight is 543 g/mol. The van der Waals surface area contributed by atoms with Crippen molar-refractivity contribution in [1.82, 2.24) is 9.80 Å². The van der Waals surface area contributed by atoms with Crippen molar-refractivity contribution in [1.29, 1.82) is 0 Å². The number of halogens is 6. The first kappa shape index (κ1) is 32.7. The molecule has 0 saturated heterocycles. The Kier molecular flexibility index (Phi) is 14.2. The molecule has 0 aliphatic carbocycles. The van der Waals surface area contributed by atoms with Crippen LogP contribution in [0, 0.1) is 24.7 Å². The lowest BCUT2D eigenvalue weighted by Gasteiger charge is -2.19. The van der Waals surface area contributed by atoms with Gasteiger partial charge in [-0.2, -0.15) is 0 Å². The Morgan fingerprint density at radius 1 is 0.632 bits per heavy atom. The first-order valence-corrected chi connectivity index (χ1v) is 11.9. The molecular formula is C28H32F6N2O2. The van der Waals surface area contributed by atoms with E-state index < -0.39 is 12.7 Å². The van der Waals surface area contributed by atoms with Gasteiger partial charge in [0.25, 0.3) is 0 Å². The molecule has 0 spiro atoms. The zero-order chi connectivity index (χ0) is 28.6.